The Labute approximate surface area is 158 Å². The lowest BCUT2D eigenvalue weighted by Crippen LogP contribution is -2.08. The summed E-state index contributed by atoms with van der Waals surface area (Å²) in [4.78, 5) is 12.9. The highest BCUT2D eigenvalue weighted by Crippen LogP contribution is 2.31. The van der Waals surface area contributed by atoms with Crippen molar-refractivity contribution in [2.75, 3.05) is 13.2 Å². The summed E-state index contributed by atoms with van der Waals surface area (Å²) >= 11 is 2.20. The van der Waals surface area contributed by atoms with Gasteiger partial charge >= 0.3 is 0 Å². The summed E-state index contributed by atoms with van der Waals surface area (Å²) in [5.74, 6) is 1.69. The van der Waals surface area contributed by atoms with Crippen LogP contribution in [0.2, 0.25) is 0 Å². The maximum Gasteiger partial charge on any atom is 0.238 e. The quantitative estimate of drug-likeness (QED) is 0.494. The van der Waals surface area contributed by atoms with Crippen LogP contribution in [0.1, 0.15) is 13.8 Å². The molecule has 0 saturated heterocycles. The van der Waals surface area contributed by atoms with Crippen LogP contribution in [0.25, 0.3) is 11.0 Å². The van der Waals surface area contributed by atoms with Crippen LogP contribution in [-0.2, 0) is 0 Å². The Morgan fingerprint density at radius 2 is 1.68 bits per heavy atom. The maximum atomic E-state index is 12.9. The van der Waals surface area contributed by atoms with Gasteiger partial charge in [0.1, 0.15) is 34.5 Å². The van der Waals surface area contributed by atoms with Gasteiger partial charge in [-0.2, -0.15) is 0 Å². The van der Waals surface area contributed by atoms with Crippen molar-refractivity contribution in [3.05, 3.63) is 56.5 Å². The van der Waals surface area contributed by atoms with Gasteiger partial charge in [0.25, 0.3) is 0 Å². The first-order valence-corrected chi connectivity index (χ1v) is 8.98. The van der Waals surface area contributed by atoms with E-state index in [-0.39, 0.29) is 11.2 Å². The third-order valence-electron chi connectivity index (χ3n) is 3.44. The Balaban J connectivity index is 2.08. The highest BCUT2D eigenvalue weighted by Gasteiger charge is 2.16. The molecule has 1 aromatic heterocycles. The fourth-order valence-electron chi connectivity index (χ4n) is 2.40. The smallest absolute Gasteiger partial charge is 0.238 e. The molecule has 3 aromatic rings. The first-order chi connectivity index (χ1) is 12.1. The van der Waals surface area contributed by atoms with Gasteiger partial charge in [0.2, 0.25) is 11.2 Å². The number of rotatable bonds is 6. The minimum Gasteiger partial charge on any atom is -0.494 e. The minimum atomic E-state index is -0.286. The van der Waals surface area contributed by atoms with Gasteiger partial charge in [-0.15, -0.1) is 0 Å². The first kappa shape index (κ1) is 17.6. The van der Waals surface area contributed by atoms with Crippen LogP contribution in [-0.4, -0.2) is 13.2 Å². The SMILES string of the molecule is CCOc1cc(OCC)c2c(=O)c(Oc3ccc(I)cc3)coc2c1. The summed E-state index contributed by atoms with van der Waals surface area (Å²) in [6.45, 7) is 4.67. The van der Waals surface area contributed by atoms with E-state index in [2.05, 4.69) is 22.6 Å². The lowest BCUT2D eigenvalue weighted by atomic mass is 10.2. The average Bonchev–Trinajstić information content (AvgIpc) is 2.60. The zero-order valence-electron chi connectivity index (χ0n) is 13.9. The minimum absolute atomic E-state index is 0.110. The monoisotopic (exact) mass is 452 g/mol. The molecule has 0 unspecified atom stereocenters. The molecular weight excluding hydrogens is 435 g/mol. The third-order valence-corrected chi connectivity index (χ3v) is 4.15. The molecule has 6 heteroatoms. The number of fused-ring (bicyclic) bond motifs is 1. The van der Waals surface area contributed by atoms with Crippen molar-refractivity contribution in [1.82, 2.24) is 0 Å². The highest BCUT2D eigenvalue weighted by molar-refractivity contribution is 14.1. The van der Waals surface area contributed by atoms with E-state index in [1.54, 1.807) is 24.3 Å². The zero-order chi connectivity index (χ0) is 17.8. The van der Waals surface area contributed by atoms with Crippen LogP contribution in [0, 0.1) is 3.57 Å². The van der Waals surface area contributed by atoms with E-state index in [0.29, 0.717) is 41.4 Å². The van der Waals surface area contributed by atoms with Gasteiger partial charge in [0, 0.05) is 15.7 Å². The van der Waals surface area contributed by atoms with Gasteiger partial charge < -0.3 is 18.6 Å². The normalized spacial score (nSPS) is 10.7. The van der Waals surface area contributed by atoms with Crippen molar-refractivity contribution in [2.24, 2.45) is 0 Å². The lowest BCUT2D eigenvalue weighted by molar-refractivity contribution is 0.324. The van der Waals surface area contributed by atoms with Crippen LogP contribution < -0.4 is 19.6 Å². The number of ether oxygens (including phenoxy) is 3. The fraction of sp³-hybridized carbons (Fsp3) is 0.211. The van der Waals surface area contributed by atoms with Crippen molar-refractivity contribution in [3.63, 3.8) is 0 Å². The number of benzene rings is 2. The van der Waals surface area contributed by atoms with Crippen LogP contribution in [0.4, 0.5) is 0 Å². The topological polar surface area (TPSA) is 57.9 Å². The van der Waals surface area contributed by atoms with Crippen LogP contribution in [0.15, 0.2) is 51.9 Å². The molecule has 0 aliphatic carbocycles. The Hall–Kier alpha value is -2.22. The van der Waals surface area contributed by atoms with Crippen molar-refractivity contribution < 1.29 is 18.6 Å². The van der Waals surface area contributed by atoms with E-state index in [1.165, 1.54) is 6.26 Å². The van der Waals surface area contributed by atoms with E-state index in [0.717, 1.165) is 3.57 Å². The molecule has 5 nitrogen and oxygen atoms in total. The van der Waals surface area contributed by atoms with Gasteiger partial charge in [-0.3, -0.25) is 4.79 Å². The molecule has 0 spiro atoms. The van der Waals surface area contributed by atoms with E-state index in [9.17, 15) is 4.79 Å². The first-order valence-electron chi connectivity index (χ1n) is 7.91. The standard InChI is InChI=1S/C19H17IO5/c1-3-22-14-9-15(23-4-2)18-16(10-14)24-11-17(19(18)21)25-13-7-5-12(20)6-8-13/h5-11H,3-4H2,1-2H3. The lowest BCUT2D eigenvalue weighted by Gasteiger charge is -2.11. The fourth-order valence-corrected chi connectivity index (χ4v) is 2.76. The molecule has 0 fully saturated rings. The number of hydrogen-bond acceptors (Lipinski definition) is 5. The summed E-state index contributed by atoms with van der Waals surface area (Å²) in [5.41, 5.74) is 0.112. The Morgan fingerprint density at radius 1 is 0.960 bits per heavy atom. The summed E-state index contributed by atoms with van der Waals surface area (Å²) < 4.78 is 23.5. The zero-order valence-corrected chi connectivity index (χ0v) is 16.0. The van der Waals surface area contributed by atoms with Crippen LogP contribution in [0.3, 0.4) is 0 Å². The predicted molar refractivity (Wildman–Crippen MR) is 104 cm³/mol. The van der Waals surface area contributed by atoms with Gasteiger partial charge in [0.05, 0.1) is 13.2 Å². The molecule has 0 radical (unpaired) electrons. The van der Waals surface area contributed by atoms with Gasteiger partial charge in [-0.25, -0.2) is 0 Å². The third kappa shape index (κ3) is 3.89. The second kappa shape index (κ2) is 7.77. The van der Waals surface area contributed by atoms with Gasteiger partial charge in [0.15, 0.2) is 0 Å². The van der Waals surface area contributed by atoms with E-state index < -0.39 is 0 Å². The summed E-state index contributed by atoms with van der Waals surface area (Å²) in [6, 6.07) is 10.8. The molecule has 2 aromatic carbocycles. The molecule has 0 N–H and O–H groups in total. The molecule has 1 heterocycles. The summed E-state index contributed by atoms with van der Waals surface area (Å²) in [5, 5.41) is 0.341. The molecule has 3 rings (SSSR count). The maximum absolute atomic E-state index is 12.9. The van der Waals surface area contributed by atoms with E-state index >= 15 is 0 Å². The average molecular weight is 452 g/mol. The molecular formula is C19H17IO5. The molecule has 130 valence electrons. The highest BCUT2D eigenvalue weighted by atomic mass is 127. The van der Waals surface area contributed by atoms with E-state index in [4.69, 9.17) is 18.6 Å². The molecule has 0 bridgehead atoms. The Morgan fingerprint density at radius 3 is 2.36 bits per heavy atom. The molecule has 25 heavy (non-hydrogen) atoms. The number of hydrogen-bond donors (Lipinski definition) is 0. The number of halogens is 1. The Kier molecular flexibility index (Phi) is 5.47. The second-order valence-corrected chi connectivity index (χ2v) is 6.39. The van der Waals surface area contributed by atoms with Crippen LogP contribution in [0.5, 0.6) is 23.0 Å². The molecule has 0 atom stereocenters. The van der Waals surface area contributed by atoms with E-state index in [1.807, 2.05) is 26.0 Å². The second-order valence-electron chi connectivity index (χ2n) is 5.15. The van der Waals surface area contributed by atoms with Crippen LogP contribution >= 0.6 is 22.6 Å². The largest absolute Gasteiger partial charge is 0.494 e. The van der Waals surface area contributed by atoms with Crippen molar-refractivity contribution in [2.45, 2.75) is 13.8 Å². The molecule has 0 saturated carbocycles. The van der Waals surface area contributed by atoms with Gasteiger partial charge in [-0.05, 0) is 60.7 Å². The van der Waals surface area contributed by atoms with Gasteiger partial charge in [-0.1, -0.05) is 0 Å². The molecule has 0 aliphatic heterocycles. The summed E-state index contributed by atoms with van der Waals surface area (Å²) in [6.07, 6.45) is 1.31. The Bertz CT molecular complexity index is 931. The molecule has 0 aliphatic rings. The van der Waals surface area contributed by atoms with Crippen molar-refractivity contribution in [1.29, 1.82) is 0 Å². The van der Waals surface area contributed by atoms with Crippen molar-refractivity contribution >= 4 is 33.6 Å². The predicted octanol–water partition coefficient (Wildman–Crippen LogP) is 4.99. The molecule has 0 amide bonds. The summed E-state index contributed by atoms with van der Waals surface area (Å²) in [7, 11) is 0. The van der Waals surface area contributed by atoms with Crippen molar-refractivity contribution in [3.8, 4) is 23.0 Å².